The van der Waals surface area contributed by atoms with Crippen molar-refractivity contribution in [3.63, 3.8) is 0 Å². The number of benzene rings is 2. The lowest BCUT2D eigenvalue weighted by Gasteiger charge is -2.35. The molecule has 0 aliphatic heterocycles. The summed E-state index contributed by atoms with van der Waals surface area (Å²) in [6.07, 6.45) is 8.55. The molecule has 1 aliphatic carbocycles. The summed E-state index contributed by atoms with van der Waals surface area (Å²) in [5.41, 5.74) is 4.31. The van der Waals surface area contributed by atoms with Crippen LogP contribution in [0.3, 0.4) is 0 Å². The second-order valence-electron chi connectivity index (χ2n) is 9.41. The smallest absolute Gasteiger partial charge is 0.305 e. The molecule has 2 aromatic carbocycles. The molecule has 0 spiro atoms. The lowest BCUT2D eigenvalue weighted by molar-refractivity contribution is 0.175. The van der Waals surface area contributed by atoms with Crippen molar-refractivity contribution >= 4 is 55.5 Å². The van der Waals surface area contributed by atoms with E-state index < -0.39 is 0 Å². The van der Waals surface area contributed by atoms with E-state index in [1.807, 2.05) is 12.1 Å². The topological polar surface area (TPSA) is 88.6 Å². The first-order valence-electron chi connectivity index (χ1n) is 12.6. The second-order valence-corrected chi connectivity index (χ2v) is 10.4. The minimum atomic E-state index is -0.00343. The third kappa shape index (κ3) is 8.05. The highest BCUT2D eigenvalue weighted by Crippen LogP contribution is 2.36. The van der Waals surface area contributed by atoms with Gasteiger partial charge in [0, 0.05) is 11.6 Å². The van der Waals surface area contributed by atoms with E-state index in [9.17, 15) is 15.0 Å². The van der Waals surface area contributed by atoms with Crippen molar-refractivity contribution in [3.05, 3.63) is 56.7 Å². The van der Waals surface area contributed by atoms with Crippen LogP contribution in [0.25, 0.3) is 10.2 Å². The molecule has 4 rings (SSSR count). The van der Waals surface area contributed by atoms with Crippen molar-refractivity contribution in [3.8, 4) is 11.5 Å². The van der Waals surface area contributed by atoms with E-state index in [-0.39, 0.29) is 50.3 Å². The Morgan fingerprint density at radius 1 is 1.08 bits per heavy atom. The quantitative estimate of drug-likeness (QED) is 0.149. The zero-order valence-electron chi connectivity index (χ0n) is 20.9. The van der Waals surface area contributed by atoms with Gasteiger partial charge in [0.2, 0.25) is 0 Å². The summed E-state index contributed by atoms with van der Waals surface area (Å²) < 4.78 is 1.04. The van der Waals surface area contributed by atoms with Gasteiger partial charge in [-0.2, -0.15) is 0 Å². The molecule has 1 aromatic heterocycles. The fraction of sp³-hybridized carbons (Fsp3) is 0.519. The average Bonchev–Trinajstić information content (AvgIpc) is 3.21. The van der Waals surface area contributed by atoms with E-state index in [1.54, 1.807) is 6.07 Å². The van der Waals surface area contributed by atoms with E-state index >= 15 is 0 Å². The van der Waals surface area contributed by atoms with Gasteiger partial charge in [-0.15, -0.1) is 34.0 Å². The number of phenolic OH excluding ortho intramolecular Hbond substituents is 2. The van der Waals surface area contributed by atoms with Crippen molar-refractivity contribution in [1.82, 2.24) is 15.2 Å². The number of fused-ring (bicyclic) bond motifs is 2. The Kier molecular flexibility index (Phi) is 13.0. The number of H-pyrrole nitrogens is 1. The Morgan fingerprint density at radius 3 is 2.72 bits per heavy atom. The maximum atomic E-state index is 11.5. The lowest BCUT2D eigenvalue weighted by atomic mass is 9.86. The lowest BCUT2D eigenvalue weighted by Crippen LogP contribution is -2.40. The number of aromatic hydroxyl groups is 2. The summed E-state index contributed by atoms with van der Waals surface area (Å²) in [5.74, 6) is 0.0731. The number of unbranched alkanes of at least 4 members (excludes halogenated alkanes) is 2. The van der Waals surface area contributed by atoms with Gasteiger partial charge in [0.25, 0.3) is 0 Å². The molecular formula is C27H39Br2N3O3S. The number of aromatic nitrogens is 1. The molecule has 6 nitrogen and oxygen atoms in total. The van der Waals surface area contributed by atoms with Crippen LogP contribution in [0.2, 0.25) is 0 Å². The van der Waals surface area contributed by atoms with Gasteiger partial charge in [-0.05, 0) is 100 Å². The summed E-state index contributed by atoms with van der Waals surface area (Å²) in [4.78, 5) is 16.9. The predicted octanol–water partition coefficient (Wildman–Crippen LogP) is 5.73. The number of halogens is 2. The molecule has 0 unspecified atom stereocenters. The van der Waals surface area contributed by atoms with Crippen LogP contribution in [0.4, 0.5) is 0 Å². The van der Waals surface area contributed by atoms with Crippen LogP contribution < -0.4 is 10.2 Å². The van der Waals surface area contributed by atoms with E-state index in [4.69, 9.17) is 0 Å². The molecule has 200 valence electrons. The largest absolute Gasteiger partial charge is 0.504 e. The van der Waals surface area contributed by atoms with Crippen molar-refractivity contribution in [2.24, 2.45) is 0 Å². The molecular weight excluding hydrogens is 606 g/mol. The van der Waals surface area contributed by atoms with Crippen molar-refractivity contribution < 1.29 is 10.2 Å². The van der Waals surface area contributed by atoms with E-state index in [0.717, 1.165) is 74.1 Å². The fourth-order valence-electron chi connectivity index (χ4n) is 5.12. The molecule has 0 saturated carbocycles. The van der Waals surface area contributed by atoms with Crippen LogP contribution >= 0.6 is 45.3 Å². The molecule has 9 heteroatoms. The maximum absolute atomic E-state index is 11.5. The summed E-state index contributed by atoms with van der Waals surface area (Å²) >= 11 is 1.28. The number of rotatable bonds is 12. The van der Waals surface area contributed by atoms with Crippen LogP contribution in [0.15, 0.2) is 35.1 Å². The number of nitrogens with zero attached hydrogens (tertiary/aromatic N) is 1. The molecule has 0 radical (unpaired) electrons. The number of hydrogen-bond acceptors (Lipinski definition) is 6. The molecule has 3 aromatic rings. The average molecular weight is 646 g/mol. The first-order chi connectivity index (χ1) is 16.5. The number of hydrogen-bond donors (Lipinski definition) is 4. The molecule has 36 heavy (non-hydrogen) atoms. The SMILES string of the molecule is Br.Br.CCCN(CCCCCNCCc1ccc2[nH]c(=O)sc2c1)[C@H]1CCc2c(ccc(O)c2O)C1. The van der Waals surface area contributed by atoms with Crippen LogP contribution in [-0.2, 0) is 19.3 Å². The van der Waals surface area contributed by atoms with Crippen LogP contribution in [0, 0.1) is 0 Å². The third-order valence-electron chi connectivity index (χ3n) is 6.94. The van der Waals surface area contributed by atoms with E-state index in [2.05, 4.69) is 34.3 Å². The summed E-state index contributed by atoms with van der Waals surface area (Å²) in [6.45, 7) is 6.47. The summed E-state index contributed by atoms with van der Waals surface area (Å²) in [6, 6.07) is 10.3. The van der Waals surface area contributed by atoms with Gasteiger partial charge < -0.3 is 25.4 Å². The van der Waals surface area contributed by atoms with Crippen molar-refractivity contribution in [1.29, 1.82) is 0 Å². The monoisotopic (exact) mass is 643 g/mol. The van der Waals surface area contributed by atoms with Crippen molar-refractivity contribution in [2.45, 2.75) is 64.3 Å². The van der Waals surface area contributed by atoms with Gasteiger partial charge in [-0.3, -0.25) is 4.79 Å². The molecule has 1 heterocycles. The molecule has 1 aliphatic rings. The number of nitrogens with one attached hydrogen (secondary N) is 2. The zero-order chi connectivity index (χ0) is 23.9. The van der Waals surface area contributed by atoms with Gasteiger partial charge in [0.15, 0.2) is 11.5 Å². The first-order valence-corrected chi connectivity index (χ1v) is 13.5. The Bertz CT molecular complexity index is 1150. The summed E-state index contributed by atoms with van der Waals surface area (Å²) in [5, 5.41) is 23.5. The van der Waals surface area contributed by atoms with Gasteiger partial charge in [0.1, 0.15) is 0 Å². The number of thiazole rings is 1. The Labute approximate surface area is 238 Å². The minimum Gasteiger partial charge on any atom is -0.504 e. The van der Waals surface area contributed by atoms with E-state index in [0.29, 0.717) is 6.04 Å². The molecule has 4 N–H and O–H groups in total. The van der Waals surface area contributed by atoms with Gasteiger partial charge in [-0.1, -0.05) is 36.8 Å². The number of aromatic amines is 1. The maximum Gasteiger partial charge on any atom is 0.305 e. The standard InChI is InChI=1S/C27H37N3O3S.2BrH/c1-2-15-30(21-8-9-22-20(18-21)7-11-24(31)26(22)32)16-5-3-4-13-28-14-12-19-6-10-23-25(17-19)34-27(33)29-23;;/h6-7,10-11,17,21,28,31-32H,2-5,8-9,12-16,18H2,1H3,(H,29,33);2*1H/t21-;;/m0../s1. The highest BCUT2D eigenvalue weighted by Gasteiger charge is 2.26. The van der Waals surface area contributed by atoms with Gasteiger partial charge in [-0.25, -0.2) is 0 Å². The second kappa shape index (κ2) is 15.1. The molecule has 1 atom stereocenters. The first kappa shape index (κ1) is 30.8. The molecule has 0 fully saturated rings. The minimum absolute atomic E-state index is 0. The molecule has 0 bridgehead atoms. The Balaban J connectivity index is 0.00000228. The van der Waals surface area contributed by atoms with Gasteiger partial charge >= 0.3 is 4.87 Å². The summed E-state index contributed by atoms with van der Waals surface area (Å²) in [7, 11) is 0. The number of phenols is 2. The molecule has 0 saturated heterocycles. The van der Waals surface area contributed by atoms with Gasteiger partial charge in [0.05, 0.1) is 10.2 Å². The van der Waals surface area contributed by atoms with Crippen molar-refractivity contribution in [2.75, 3.05) is 26.2 Å². The molecule has 0 amide bonds. The predicted molar refractivity (Wildman–Crippen MR) is 161 cm³/mol. The highest BCUT2D eigenvalue weighted by molar-refractivity contribution is 8.93. The Hall–Kier alpha value is -1.39. The van der Waals surface area contributed by atoms with E-state index in [1.165, 1.54) is 41.7 Å². The zero-order valence-corrected chi connectivity index (χ0v) is 25.2. The van der Waals surface area contributed by atoms with Crippen LogP contribution in [0.5, 0.6) is 11.5 Å². The third-order valence-corrected chi connectivity index (χ3v) is 7.79. The fourth-order valence-corrected chi connectivity index (χ4v) is 5.92. The van der Waals surface area contributed by atoms with Crippen LogP contribution in [0.1, 0.15) is 55.7 Å². The highest BCUT2D eigenvalue weighted by atomic mass is 79.9. The Morgan fingerprint density at radius 2 is 1.92 bits per heavy atom. The normalized spacial score (nSPS) is 14.9. The van der Waals surface area contributed by atoms with Crippen LogP contribution in [-0.4, -0.2) is 52.3 Å².